The smallest absolute Gasteiger partial charge is 0.303 e. The van der Waals surface area contributed by atoms with Gasteiger partial charge in [-0.1, -0.05) is 29.8 Å². The minimum absolute atomic E-state index is 0.142. The molecule has 1 heterocycles. The molecule has 0 saturated heterocycles. The van der Waals surface area contributed by atoms with Gasteiger partial charge in [-0.05, 0) is 30.5 Å². The first kappa shape index (κ1) is 15.0. The van der Waals surface area contributed by atoms with E-state index in [9.17, 15) is 4.79 Å². The number of aryl methyl sites for hydroxylation is 1. The van der Waals surface area contributed by atoms with Crippen LogP contribution in [-0.4, -0.2) is 20.6 Å². The SMILES string of the molecule is CCn1c(CC(C)(C)CC(=O)O)nc2cc(Br)ccc21. The maximum Gasteiger partial charge on any atom is 0.303 e. The third kappa shape index (κ3) is 3.20. The third-order valence-electron chi connectivity index (χ3n) is 3.37. The third-order valence-corrected chi connectivity index (χ3v) is 3.87. The molecular weight excluding hydrogens is 320 g/mol. The quantitative estimate of drug-likeness (QED) is 0.900. The highest BCUT2D eigenvalue weighted by atomic mass is 79.9. The summed E-state index contributed by atoms with van der Waals surface area (Å²) in [5.74, 6) is 0.184. The van der Waals surface area contributed by atoms with Crippen LogP contribution in [0.25, 0.3) is 11.0 Å². The molecule has 2 rings (SSSR count). The van der Waals surface area contributed by atoms with Crippen LogP contribution in [0.5, 0.6) is 0 Å². The fraction of sp³-hybridized carbons (Fsp3) is 0.467. The van der Waals surface area contributed by atoms with Crippen LogP contribution in [0.3, 0.4) is 0 Å². The van der Waals surface area contributed by atoms with Gasteiger partial charge in [-0.2, -0.15) is 0 Å². The topological polar surface area (TPSA) is 55.1 Å². The average Bonchev–Trinajstić information content (AvgIpc) is 2.62. The number of carboxylic acid groups (broad SMARTS) is 1. The number of rotatable bonds is 5. The molecule has 0 saturated carbocycles. The molecule has 0 amide bonds. The number of aliphatic carboxylic acids is 1. The van der Waals surface area contributed by atoms with Crippen LogP contribution in [0.4, 0.5) is 0 Å². The van der Waals surface area contributed by atoms with Crippen molar-refractivity contribution in [3.05, 3.63) is 28.5 Å². The molecular formula is C15H19BrN2O2. The van der Waals surface area contributed by atoms with Crippen LogP contribution in [-0.2, 0) is 17.8 Å². The fourth-order valence-corrected chi connectivity index (χ4v) is 2.89. The molecule has 20 heavy (non-hydrogen) atoms. The Bertz CT molecular complexity index is 647. The van der Waals surface area contributed by atoms with Crippen molar-refractivity contribution >= 4 is 32.9 Å². The van der Waals surface area contributed by atoms with E-state index in [4.69, 9.17) is 5.11 Å². The Hall–Kier alpha value is -1.36. The number of nitrogens with zero attached hydrogens (tertiary/aromatic N) is 2. The van der Waals surface area contributed by atoms with Crippen LogP contribution in [0.15, 0.2) is 22.7 Å². The van der Waals surface area contributed by atoms with Gasteiger partial charge in [0.05, 0.1) is 17.5 Å². The lowest BCUT2D eigenvalue weighted by Gasteiger charge is -2.22. The number of benzene rings is 1. The monoisotopic (exact) mass is 338 g/mol. The molecule has 1 aromatic heterocycles. The molecule has 0 aliphatic carbocycles. The van der Waals surface area contributed by atoms with E-state index in [1.807, 2.05) is 32.0 Å². The predicted molar refractivity (Wildman–Crippen MR) is 82.8 cm³/mol. The second kappa shape index (κ2) is 5.56. The average molecular weight is 339 g/mol. The van der Waals surface area contributed by atoms with Crippen molar-refractivity contribution in [2.75, 3.05) is 0 Å². The number of imidazole rings is 1. The number of carbonyl (C=O) groups is 1. The highest BCUT2D eigenvalue weighted by Crippen LogP contribution is 2.28. The second-order valence-electron chi connectivity index (χ2n) is 5.82. The van der Waals surface area contributed by atoms with Crippen molar-refractivity contribution in [3.63, 3.8) is 0 Å². The van der Waals surface area contributed by atoms with Crippen molar-refractivity contribution in [2.45, 2.75) is 40.2 Å². The molecule has 5 heteroatoms. The Balaban J connectivity index is 2.41. The zero-order chi connectivity index (χ0) is 14.9. The summed E-state index contributed by atoms with van der Waals surface area (Å²) in [6.07, 6.45) is 0.795. The van der Waals surface area contributed by atoms with Crippen LogP contribution < -0.4 is 0 Å². The van der Waals surface area contributed by atoms with Gasteiger partial charge in [0.15, 0.2) is 0 Å². The van der Waals surface area contributed by atoms with E-state index in [0.717, 1.165) is 27.9 Å². The molecule has 0 radical (unpaired) electrons. The first-order chi connectivity index (χ1) is 9.32. The second-order valence-corrected chi connectivity index (χ2v) is 6.73. The first-order valence-electron chi connectivity index (χ1n) is 6.69. The summed E-state index contributed by atoms with van der Waals surface area (Å²) in [6.45, 7) is 6.85. The van der Waals surface area contributed by atoms with Crippen molar-refractivity contribution in [3.8, 4) is 0 Å². The Morgan fingerprint density at radius 3 is 2.75 bits per heavy atom. The predicted octanol–water partition coefficient (Wildman–Crippen LogP) is 3.86. The van der Waals surface area contributed by atoms with Gasteiger partial charge in [0.2, 0.25) is 0 Å². The van der Waals surface area contributed by atoms with Gasteiger partial charge in [-0.25, -0.2) is 4.98 Å². The zero-order valence-corrected chi connectivity index (χ0v) is 13.6. The summed E-state index contributed by atoms with van der Waals surface area (Å²) in [5, 5.41) is 9.00. The summed E-state index contributed by atoms with van der Waals surface area (Å²) in [5.41, 5.74) is 1.73. The molecule has 0 atom stereocenters. The summed E-state index contributed by atoms with van der Waals surface area (Å²) in [4.78, 5) is 15.6. The van der Waals surface area contributed by atoms with Crippen molar-refractivity contribution in [1.29, 1.82) is 0 Å². The van der Waals surface area contributed by atoms with E-state index >= 15 is 0 Å². The van der Waals surface area contributed by atoms with Crippen LogP contribution in [0.2, 0.25) is 0 Å². The standard InChI is InChI=1S/C15H19BrN2O2/c1-4-18-12-6-5-10(16)7-11(12)17-13(18)8-15(2,3)9-14(19)20/h5-7H,4,8-9H2,1-3H3,(H,19,20). The number of hydrogen-bond acceptors (Lipinski definition) is 2. The van der Waals surface area contributed by atoms with E-state index in [1.54, 1.807) is 0 Å². The van der Waals surface area contributed by atoms with Crippen LogP contribution in [0.1, 0.15) is 33.0 Å². The molecule has 1 aromatic carbocycles. The molecule has 4 nitrogen and oxygen atoms in total. The number of hydrogen-bond donors (Lipinski definition) is 1. The molecule has 0 spiro atoms. The molecule has 2 aromatic rings. The molecule has 0 aliphatic rings. The zero-order valence-electron chi connectivity index (χ0n) is 12.0. The van der Waals surface area contributed by atoms with Gasteiger partial charge in [-0.3, -0.25) is 4.79 Å². The van der Waals surface area contributed by atoms with Gasteiger partial charge < -0.3 is 9.67 Å². The number of halogens is 1. The molecule has 0 aliphatic heterocycles. The minimum Gasteiger partial charge on any atom is -0.481 e. The van der Waals surface area contributed by atoms with E-state index in [2.05, 4.69) is 32.4 Å². The molecule has 1 N–H and O–H groups in total. The summed E-state index contributed by atoms with van der Waals surface area (Å²) < 4.78 is 3.16. The van der Waals surface area contributed by atoms with Crippen LogP contribution in [0, 0.1) is 5.41 Å². The largest absolute Gasteiger partial charge is 0.481 e. The lowest BCUT2D eigenvalue weighted by molar-refractivity contribution is -0.139. The van der Waals surface area contributed by atoms with Gasteiger partial charge in [0.25, 0.3) is 0 Å². The molecule has 0 bridgehead atoms. The van der Waals surface area contributed by atoms with E-state index in [-0.39, 0.29) is 11.8 Å². The first-order valence-corrected chi connectivity index (χ1v) is 7.48. The van der Waals surface area contributed by atoms with E-state index < -0.39 is 5.97 Å². The maximum atomic E-state index is 10.9. The Morgan fingerprint density at radius 2 is 2.15 bits per heavy atom. The Labute approximate surface area is 126 Å². The Morgan fingerprint density at radius 1 is 1.45 bits per heavy atom. The minimum atomic E-state index is -0.767. The lowest BCUT2D eigenvalue weighted by atomic mass is 9.85. The van der Waals surface area contributed by atoms with Gasteiger partial charge in [-0.15, -0.1) is 0 Å². The lowest BCUT2D eigenvalue weighted by Crippen LogP contribution is -2.21. The normalized spacial score (nSPS) is 12.0. The molecule has 0 unspecified atom stereocenters. The molecule has 108 valence electrons. The highest BCUT2D eigenvalue weighted by molar-refractivity contribution is 9.10. The number of aromatic nitrogens is 2. The summed E-state index contributed by atoms with van der Waals surface area (Å²) in [6, 6.07) is 6.04. The van der Waals surface area contributed by atoms with Crippen LogP contribution >= 0.6 is 15.9 Å². The number of carboxylic acids is 1. The van der Waals surface area contributed by atoms with Gasteiger partial charge >= 0.3 is 5.97 Å². The van der Waals surface area contributed by atoms with Gasteiger partial charge in [0, 0.05) is 17.4 Å². The van der Waals surface area contributed by atoms with E-state index in [1.165, 1.54) is 0 Å². The van der Waals surface area contributed by atoms with Crippen molar-refractivity contribution in [2.24, 2.45) is 5.41 Å². The van der Waals surface area contributed by atoms with Crippen molar-refractivity contribution < 1.29 is 9.90 Å². The van der Waals surface area contributed by atoms with E-state index in [0.29, 0.717) is 6.42 Å². The van der Waals surface area contributed by atoms with Gasteiger partial charge in [0.1, 0.15) is 5.82 Å². The molecule has 0 fully saturated rings. The summed E-state index contributed by atoms with van der Waals surface area (Å²) >= 11 is 3.46. The summed E-state index contributed by atoms with van der Waals surface area (Å²) in [7, 11) is 0. The maximum absolute atomic E-state index is 10.9. The fourth-order valence-electron chi connectivity index (χ4n) is 2.54. The number of fused-ring (bicyclic) bond motifs is 1. The highest BCUT2D eigenvalue weighted by Gasteiger charge is 2.25. The van der Waals surface area contributed by atoms with Crippen molar-refractivity contribution in [1.82, 2.24) is 9.55 Å². The Kier molecular flexibility index (Phi) is 4.18.